The van der Waals surface area contributed by atoms with Crippen molar-refractivity contribution in [1.29, 1.82) is 0 Å². The molecule has 1 atom stereocenters. The number of hydrogen-bond acceptors (Lipinski definition) is 6. The van der Waals surface area contributed by atoms with Crippen molar-refractivity contribution in [2.45, 2.75) is 47.0 Å². The second-order valence-corrected chi connectivity index (χ2v) is 8.96. The molecule has 8 heteroatoms. The van der Waals surface area contributed by atoms with Gasteiger partial charge < -0.3 is 15.8 Å². The summed E-state index contributed by atoms with van der Waals surface area (Å²) in [5, 5.41) is 3.43. The number of anilines is 1. The van der Waals surface area contributed by atoms with E-state index in [2.05, 4.69) is 12.2 Å². The van der Waals surface area contributed by atoms with E-state index >= 15 is 0 Å². The van der Waals surface area contributed by atoms with E-state index in [9.17, 15) is 14.4 Å². The van der Waals surface area contributed by atoms with Crippen molar-refractivity contribution in [3.05, 3.63) is 16.0 Å². The van der Waals surface area contributed by atoms with Gasteiger partial charge in [-0.1, -0.05) is 20.8 Å². The Balaban J connectivity index is 2.20. The number of rotatable bonds is 9. The first-order chi connectivity index (χ1) is 13.2. The maximum atomic E-state index is 12.6. The smallest absolute Gasteiger partial charge is 0.341 e. The fourth-order valence-electron chi connectivity index (χ4n) is 3.55. The molecule has 0 saturated carbocycles. The highest BCUT2D eigenvalue weighted by Crippen LogP contribution is 2.40. The molecule has 3 N–H and O–H groups in total. The molecule has 7 nitrogen and oxygen atoms in total. The van der Waals surface area contributed by atoms with Gasteiger partial charge in [-0.25, -0.2) is 4.79 Å². The van der Waals surface area contributed by atoms with Crippen LogP contribution in [0.1, 0.15) is 54.9 Å². The van der Waals surface area contributed by atoms with Gasteiger partial charge in [0.05, 0.1) is 25.3 Å². The van der Waals surface area contributed by atoms with Gasteiger partial charge in [-0.3, -0.25) is 14.5 Å². The first kappa shape index (κ1) is 22.4. The van der Waals surface area contributed by atoms with Crippen LogP contribution in [0.5, 0.6) is 0 Å². The molecule has 0 aliphatic heterocycles. The Bertz CT molecular complexity index is 729. The lowest BCUT2D eigenvalue weighted by atomic mass is 9.88. The highest BCUT2D eigenvalue weighted by atomic mass is 32.1. The number of thiophene rings is 1. The predicted molar refractivity (Wildman–Crippen MR) is 111 cm³/mol. The molecule has 1 heterocycles. The zero-order chi connectivity index (χ0) is 20.8. The number of hydrogen-bond donors (Lipinski definition) is 2. The van der Waals surface area contributed by atoms with Gasteiger partial charge in [0, 0.05) is 11.4 Å². The largest absolute Gasteiger partial charge is 0.462 e. The molecule has 2 rings (SSSR count). The van der Waals surface area contributed by atoms with Crippen molar-refractivity contribution in [3.63, 3.8) is 0 Å². The number of ether oxygens (including phenoxy) is 1. The van der Waals surface area contributed by atoms with E-state index < -0.39 is 5.91 Å². The van der Waals surface area contributed by atoms with E-state index in [1.54, 1.807) is 11.8 Å². The van der Waals surface area contributed by atoms with Crippen molar-refractivity contribution in [1.82, 2.24) is 4.90 Å². The Hall–Kier alpha value is -1.93. The topological polar surface area (TPSA) is 102 Å². The van der Waals surface area contributed by atoms with E-state index in [-0.39, 0.29) is 37.5 Å². The Morgan fingerprint density at radius 1 is 1.32 bits per heavy atom. The Kier molecular flexibility index (Phi) is 8.00. The Morgan fingerprint density at radius 2 is 2.04 bits per heavy atom. The summed E-state index contributed by atoms with van der Waals surface area (Å²) in [6.07, 6.45) is 2.74. The lowest BCUT2D eigenvalue weighted by Gasteiger charge is -2.22. The lowest BCUT2D eigenvalue weighted by molar-refractivity contribution is -0.121. The Labute approximate surface area is 170 Å². The highest BCUT2D eigenvalue weighted by molar-refractivity contribution is 7.17. The quantitative estimate of drug-likeness (QED) is 0.610. The second-order valence-electron chi connectivity index (χ2n) is 7.85. The summed E-state index contributed by atoms with van der Waals surface area (Å²) < 4.78 is 5.23. The van der Waals surface area contributed by atoms with Gasteiger partial charge in [-0.2, -0.15) is 0 Å². The zero-order valence-corrected chi connectivity index (χ0v) is 18.0. The minimum Gasteiger partial charge on any atom is -0.462 e. The predicted octanol–water partition coefficient (Wildman–Crippen LogP) is 2.43. The summed E-state index contributed by atoms with van der Waals surface area (Å²) in [6.45, 7) is 8.92. The number of carbonyl (C=O) groups excluding carboxylic acids is 3. The molecule has 1 aliphatic rings. The number of primary amides is 1. The molecule has 1 aliphatic carbocycles. The van der Waals surface area contributed by atoms with Crippen LogP contribution in [0.3, 0.4) is 0 Å². The third-order valence-electron chi connectivity index (χ3n) is 4.61. The van der Waals surface area contributed by atoms with Gasteiger partial charge in [0.25, 0.3) is 0 Å². The van der Waals surface area contributed by atoms with Gasteiger partial charge in [0.2, 0.25) is 11.8 Å². The van der Waals surface area contributed by atoms with Gasteiger partial charge in [-0.15, -0.1) is 11.3 Å². The monoisotopic (exact) mass is 409 g/mol. The molecule has 0 fully saturated rings. The molecule has 0 radical (unpaired) electrons. The number of nitrogens with zero attached hydrogens (tertiary/aromatic N) is 1. The standard InChI is InChI=1S/C20H31N3O4S/c1-5-27-20(26)18-14-7-6-13(4)8-15(14)28-19(18)22-17(25)11-23(9-12(2)3)10-16(21)24/h12-13H,5-11H2,1-4H3,(H2,21,24)(H,22,25). The third kappa shape index (κ3) is 6.04. The van der Waals surface area contributed by atoms with Crippen LogP contribution in [0.4, 0.5) is 5.00 Å². The summed E-state index contributed by atoms with van der Waals surface area (Å²) in [4.78, 5) is 39.4. The fourth-order valence-corrected chi connectivity index (χ4v) is 4.96. The number of nitrogens with two attached hydrogens (primary N) is 1. The van der Waals surface area contributed by atoms with Crippen molar-refractivity contribution in [3.8, 4) is 0 Å². The van der Waals surface area contributed by atoms with Crippen LogP contribution in [0.25, 0.3) is 0 Å². The van der Waals surface area contributed by atoms with Gasteiger partial charge >= 0.3 is 5.97 Å². The van der Waals surface area contributed by atoms with Gasteiger partial charge in [0.15, 0.2) is 0 Å². The van der Waals surface area contributed by atoms with Crippen LogP contribution in [-0.4, -0.2) is 48.9 Å². The van der Waals surface area contributed by atoms with E-state index in [0.717, 1.165) is 29.7 Å². The van der Waals surface area contributed by atoms with E-state index in [1.807, 2.05) is 13.8 Å². The fraction of sp³-hybridized carbons (Fsp3) is 0.650. The van der Waals surface area contributed by atoms with Crippen molar-refractivity contribution in [2.24, 2.45) is 17.6 Å². The Morgan fingerprint density at radius 3 is 2.64 bits per heavy atom. The second kappa shape index (κ2) is 10.0. The minimum absolute atomic E-state index is 0.0226. The van der Waals surface area contributed by atoms with E-state index in [0.29, 0.717) is 23.0 Å². The number of nitrogens with one attached hydrogen (secondary N) is 1. The van der Waals surface area contributed by atoms with Gasteiger partial charge in [0.1, 0.15) is 5.00 Å². The van der Waals surface area contributed by atoms with Crippen LogP contribution in [0.2, 0.25) is 0 Å². The van der Waals surface area contributed by atoms with Crippen LogP contribution in [0.15, 0.2) is 0 Å². The van der Waals surface area contributed by atoms with Crippen molar-refractivity contribution in [2.75, 3.05) is 31.6 Å². The number of fused-ring (bicyclic) bond motifs is 1. The molecular weight excluding hydrogens is 378 g/mol. The number of esters is 1. The highest BCUT2D eigenvalue weighted by Gasteiger charge is 2.29. The van der Waals surface area contributed by atoms with E-state index in [1.165, 1.54) is 11.3 Å². The number of carbonyl (C=O) groups is 3. The summed E-state index contributed by atoms with van der Waals surface area (Å²) in [6, 6.07) is 0. The maximum Gasteiger partial charge on any atom is 0.341 e. The van der Waals surface area contributed by atoms with Crippen LogP contribution >= 0.6 is 11.3 Å². The molecule has 0 bridgehead atoms. The molecule has 0 spiro atoms. The summed E-state index contributed by atoms with van der Waals surface area (Å²) >= 11 is 1.46. The molecule has 1 aromatic rings. The average Bonchev–Trinajstić information content (AvgIpc) is 2.90. The molecule has 156 valence electrons. The summed E-state index contributed by atoms with van der Waals surface area (Å²) in [5.41, 5.74) is 6.80. The first-order valence-electron chi connectivity index (χ1n) is 9.83. The molecule has 2 amide bonds. The lowest BCUT2D eigenvalue weighted by Crippen LogP contribution is -2.41. The normalized spacial score (nSPS) is 16.1. The number of amides is 2. The van der Waals surface area contributed by atoms with Crippen molar-refractivity contribution < 1.29 is 19.1 Å². The molecule has 1 unspecified atom stereocenters. The molecular formula is C20H31N3O4S. The minimum atomic E-state index is -0.471. The molecule has 28 heavy (non-hydrogen) atoms. The summed E-state index contributed by atoms with van der Waals surface area (Å²) in [5.74, 6) is -0.277. The maximum absolute atomic E-state index is 12.6. The first-order valence-corrected chi connectivity index (χ1v) is 10.6. The van der Waals surface area contributed by atoms with Gasteiger partial charge in [-0.05, 0) is 43.6 Å². The van der Waals surface area contributed by atoms with Crippen LogP contribution in [0, 0.1) is 11.8 Å². The third-order valence-corrected chi connectivity index (χ3v) is 5.78. The van der Waals surface area contributed by atoms with Crippen LogP contribution < -0.4 is 11.1 Å². The van der Waals surface area contributed by atoms with Crippen molar-refractivity contribution >= 4 is 34.1 Å². The SMILES string of the molecule is CCOC(=O)c1c(NC(=O)CN(CC(N)=O)CC(C)C)sc2c1CCC(C)C2. The average molecular weight is 410 g/mol. The molecule has 0 aromatic carbocycles. The zero-order valence-electron chi connectivity index (χ0n) is 17.2. The van der Waals surface area contributed by atoms with E-state index in [4.69, 9.17) is 10.5 Å². The summed E-state index contributed by atoms with van der Waals surface area (Å²) in [7, 11) is 0. The molecule has 1 aromatic heterocycles. The van der Waals surface area contributed by atoms with Crippen LogP contribution in [-0.2, 0) is 27.2 Å². The molecule has 0 saturated heterocycles.